The van der Waals surface area contributed by atoms with Gasteiger partial charge in [-0.05, 0) is 43.3 Å². The summed E-state index contributed by atoms with van der Waals surface area (Å²) in [6.45, 7) is 1.45. The van der Waals surface area contributed by atoms with Gasteiger partial charge >= 0.3 is 5.97 Å². The van der Waals surface area contributed by atoms with E-state index >= 15 is 0 Å². The van der Waals surface area contributed by atoms with E-state index in [4.69, 9.17) is 16.3 Å². The van der Waals surface area contributed by atoms with E-state index in [0.717, 1.165) is 0 Å². The highest BCUT2D eigenvalue weighted by atomic mass is 35.5. The van der Waals surface area contributed by atoms with Crippen molar-refractivity contribution in [3.8, 4) is 0 Å². The van der Waals surface area contributed by atoms with E-state index < -0.39 is 22.1 Å². The van der Waals surface area contributed by atoms with Crippen molar-refractivity contribution in [2.24, 2.45) is 0 Å². The molecular formula is C18H19ClN2O5S. The summed E-state index contributed by atoms with van der Waals surface area (Å²) >= 11 is 5.86. The van der Waals surface area contributed by atoms with Crippen LogP contribution in [0.5, 0.6) is 0 Å². The average Bonchev–Trinajstić information content (AvgIpc) is 2.60. The highest BCUT2D eigenvalue weighted by Crippen LogP contribution is 2.20. The number of nitrogens with one attached hydrogen (secondary N) is 1. The summed E-state index contributed by atoms with van der Waals surface area (Å²) in [4.78, 5) is 25.2. The summed E-state index contributed by atoms with van der Waals surface area (Å²) in [6.07, 6.45) is -0.989. The van der Waals surface area contributed by atoms with E-state index in [-0.39, 0.29) is 16.4 Å². The molecule has 0 aliphatic carbocycles. The lowest BCUT2D eigenvalue weighted by Gasteiger charge is -2.17. The summed E-state index contributed by atoms with van der Waals surface area (Å²) in [6, 6.07) is 11.6. The molecule has 0 bridgehead atoms. The second-order valence-corrected chi connectivity index (χ2v) is 8.04. The van der Waals surface area contributed by atoms with Gasteiger partial charge in [-0.1, -0.05) is 23.7 Å². The number of carbonyl (C=O) groups is 2. The Morgan fingerprint density at radius 3 is 2.41 bits per heavy atom. The van der Waals surface area contributed by atoms with Gasteiger partial charge in [-0.3, -0.25) is 9.52 Å². The van der Waals surface area contributed by atoms with Crippen LogP contribution >= 0.6 is 11.6 Å². The fourth-order valence-corrected chi connectivity index (χ4v) is 3.48. The number of halogens is 1. The Hall–Kier alpha value is -2.58. The lowest BCUT2D eigenvalue weighted by Crippen LogP contribution is -2.34. The van der Waals surface area contributed by atoms with Crippen molar-refractivity contribution in [1.29, 1.82) is 0 Å². The smallest absolute Gasteiger partial charge is 0.338 e. The number of nitrogens with zero attached hydrogens (tertiary/aromatic N) is 1. The van der Waals surface area contributed by atoms with Crippen LogP contribution in [0, 0.1) is 0 Å². The molecule has 1 amide bonds. The Labute approximate surface area is 162 Å². The molecule has 9 heteroatoms. The first-order valence-corrected chi connectivity index (χ1v) is 9.77. The number of anilines is 1. The standard InChI is InChI=1S/C18H19ClN2O5S/c1-12(17(22)21(2)3)26-18(23)13-6-4-9-16(10-13)27(24,25)20-15-8-5-7-14(19)11-15/h4-12,20H,1-3H3/t12-/m1/s1. The van der Waals surface area contributed by atoms with Gasteiger partial charge in [0.15, 0.2) is 6.10 Å². The largest absolute Gasteiger partial charge is 0.449 e. The number of likely N-dealkylation sites (N-methyl/N-ethyl adjacent to an activating group) is 1. The number of rotatable bonds is 6. The molecular weight excluding hydrogens is 392 g/mol. The molecule has 27 heavy (non-hydrogen) atoms. The molecule has 0 unspecified atom stereocenters. The molecule has 0 fully saturated rings. The van der Waals surface area contributed by atoms with Crippen LogP contribution in [-0.2, 0) is 19.6 Å². The molecule has 2 aromatic carbocycles. The van der Waals surface area contributed by atoms with Crippen molar-refractivity contribution >= 4 is 39.2 Å². The van der Waals surface area contributed by atoms with E-state index in [9.17, 15) is 18.0 Å². The lowest BCUT2D eigenvalue weighted by molar-refractivity contribution is -0.137. The van der Waals surface area contributed by atoms with Crippen molar-refractivity contribution in [2.45, 2.75) is 17.9 Å². The van der Waals surface area contributed by atoms with Gasteiger partial charge in [0.2, 0.25) is 0 Å². The molecule has 1 atom stereocenters. The van der Waals surface area contributed by atoms with Gasteiger partial charge in [-0.15, -0.1) is 0 Å². The third-order valence-corrected chi connectivity index (χ3v) is 5.14. The molecule has 0 saturated heterocycles. The minimum atomic E-state index is -3.94. The molecule has 0 aromatic heterocycles. The zero-order chi connectivity index (χ0) is 20.2. The minimum Gasteiger partial charge on any atom is -0.449 e. The zero-order valence-corrected chi connectivity index (χ0v) is 16.5. The Bertz CT molecular complexity index is 960. The van der Waals surface area contributed by atoms with Crippen LogP contribution in [0.4, 0.5) is 5.69 Å². The molecule has 2 rings (SSSR count). The quantitative estimate of drug-likeness (QED) is 0.739. The van der Waals surface area contributed by atoms with Gasteiger partial charge in [0, 0.05) is 19.1 Å². The van der Waals surface area contributed by atoms with Crippen LogP contribution in [0.1, 0.15) is 17.3 Å². The lowest BCUT2D eigenvalue weighted by atomic mass is 10.2. The maximum atomic E-state index is 12.5. The van der Waals surface area contributed by atoms with Crippen molar-refractivity contribution in [2.75, 3.05) is 18.8 Å². The van der Waals surface area contributed by atoms with Crippen molar-refractivity contribution in [1.82, 2.24) is 4.90 Å². The van der Waals surface area contributed by atoms with Gasteiger partial charge in [0.05, 0.1) is 16.1 Å². The van der Waals surface area contributed by atoms with Crippen LogP contribution in [0.25, 0.3) is 0 Å². The summed E-state index contributed by atoms with van der Waals surface area (Å²) in [5.41, 5.74) is 0.308. The van der Waals surface area contributed by atoms with Crippen LogP contribution < -0.4 is 4.72 Å². The van der Waals surface area contributed by atoms with Crippen LogP contribution in [0.2, 0.25) is 5.02 Å². The van der Waals surface area contributed by atoms with Crippen LogP contribution in [-0.4, -0.2) is 45.4 Å². The second kappa shape index (κ2) is 8.41. The summed E-state index contributed by atoms with van der Waals surface area (Å²) in [7, 11) is -0.850. The first-order chi connectivity index (χ1) is 12.6. The molecule has 7 nitrogen and oxygen atoms in total. The molecule has 0 aliphatic rings. The van der Waals surface area contributed by atoms with E-state index in [2.05, 4.69) is 4.72 Å². The van der Waals surface area contributed by atoms with E-state index in [1.54, 1.807) is 32.3 Å². The van der Waals surface area contributed by atoms with Crippen molar-refractivity contribution in [3.05, 3.63) is 59.1 Å². The zero-order valence-electron chi connectivity index (χ0n) is 15.0. The number of ether oxygens (including phenoxy) is 1. The van der Waals surface area contributed by atoms with Gasteiger partial charge in [0.1, 0.15) is 0 Å². The fourth-order valence-electron chi connectivity index (χ4n) is 2.20. The number of esters is 1. The fraction of sp³-hybridized carbons (Fsp3) is 0.222. The summed E-state index contributed by atoms with van der Waals surface area (Å²) in [5, 5.41) is 0.382. The Balaban J connectivity index is 2.21. The first-order valence-electron chi connectivity index (χ1n) is 7.91. The molecule has 144 valence electrons. The number of sulfonamides is 1. The SMILES string of the molecule is C[C@@H](OC(=O)c1cccc(S(=O)(=O)Nc2cccc(Cl)c2)c1)C(=O)N(C)C. The molecule has 0 radical (unpaired) electrons. The number of carbonyl (C=O) groups excluding carboxylic acids is 2. The number of hydrogen-bond acceptors (Lipinski definition) is 5. The summed E-state index contributed by atoms with van der Waals surface area (Å²) in [5.74, 6) is -1.17. The monoisotopic (exact) mass is 410 g/mol. The van der Waals surface area contributed by atoms with Crippen LogP contribution in [0.3, 0.4) is 0 Å². The normalized spacial score (nSPS) is 12.1. The third kappa shape index (κ3) is 5.45. The van der Waals surface area contributed by atoms with Gasteiger partial charge < -0.3 is 9.64 Å². The molecule has 0 spiro atoms. The topological polar surface area (TPSA) is 92.8 Å². The maximum Gasteiger partial charge on any atom is 0.338 e. The van der Waals surface area contributed by atoms with Crippen LogP contribution in [0.15, 0.2) is 53.4 Å². The highest BCUT2D eigenvalue weighted by Gasteiger charge is 2.22. The van der Waals surface area contributed by atoms with Crippen molar-refractivity contribution < 1.29 is 22.7 Å². The molecule has 0 saturated carbocycles. The van der Waals surface area contributed by atoms with E-state index in [1.807, 2.05) is 0 Å². The van der Waals surface area contributed by atoms with E-state index in [1.165, 1.54) is 42.2 Å². The van der Waals surface area contributed by atoms with Gasteiger partial charge in [-0.2, -0.15) is 0 Å². The Morgan fingerprint density at radius 1 is 1.11 bits per heavy atom. The predicted molar refractivity (Wildman–Crippen MR) is 102 cm³/mol. The van der Waals surface area contributed by atoms with E-state index in [0.29, 0.717) is 10.7 Å². The van der Waals surface area contributed by atoms with Crippen molar-refractivity contribution in [3.63, 3.8) is 0 Å². The molecule has 1 N–H and O–H groups in total. The highest BCUT2D eigenvalue weighted by molar-refractivity contribution is 7.92. The third-order valence-electron chi connectivity index (χ3n) is 3.53. The summed E-state index contributed by atoms with van der Waals surface area (Å²) < 4.78 is 32.6. The maximum absolute atomic E-state index is 12.5. The molecule has 2 aromatic rings. The first kappa shape index (κ1) is 20.7. The minimum absolute atomic E-state index is 0.0161. The Morgan fingerprint density at radius 2 is 1.78 bits per heavy atom. The van der Waals surface area contributed by atoms with Gasteiger partial charge in [0.25, 0.3) is 15.9 Å². The predicted octanol–water partition coefficient (Wildman–Crippen LogP) is 2.77. The molecule has 0 aliphatic heterocycles. The number of hydrogen-bond donors (Lipinski definition) is 1. The number of benzene rings is 2. The Kier molecular flexibility index (Phi) is 6.45. The van der Waals surface area contributed by atoms with Gasteiger partial charge in [-0.25, -0.2) is 13.2 Å². The number of amides is 1. The average molecular weight is 411 g/mol. The second-order valence-electron chi connectivity index (χ2n) is 5.92. The molecule has 0 heterocycles.